The van der Waals surface area contributed by atoms with E-state index in [0.717, 1.165) is 0 Å². The van der Waals surface area contributed by atoms with Crippen LogP contribution in [0.15, 0.2) is 48.8 Å². The Hall–Kier alpha value is -2.13. The molecule has 118 valence electrons. The molecule has 0 radical (unpaired) electrons. The van der Waals surface area contributed by atoms with Crippen molar-refractivity contribution in [3.05, 3.63) is 65.6 Å². The monoisotopic (exact) mass is 305 g/mol. The number of para-hydroxylation sites is 1. The second-order valence-electron chi connectivity index (χ2n) is 6.49. The summed E-state index contributed by atoms with van der Waals surface area (Å²) in [4.78, 5) is 10.4. The summed E-state index contributed by atoms with van der Waals surface area (Å²) < 4.78 is 0. The van der Waals surface area contributed by atoms with Crippen LogP contribution in [0.25, 0.3) is 10.9 Å². The highest BCUT2D eigenvalue weighted by atomic mass is 15.2. The molecule has 0 spiro atoms. The maximum absolute atomic E-state index is 4.21. The quantitative estimate of drug-likeness (QED) is 0.775. The van der Waals surface area contributed by atoms with Crippen LogP contribution in [0, 0.1) is 6.92 Å². The number of nitrogens with zero attached hydrogens (tertiary/aromatic N) is 2. The minimum absolute atomic E-state index is 0.314. The normalized spacial score (nSPS) is 17.4. The molecule has 3 nitrogen and oxygen atoms in total. The Kier molecular flexibility index (Phi) is 3.88. The van der Waals surface area contributed by atoms with E-state index in [2.05, 4.69) is 58.2 Å². The zero-order chi connectivity index (χ0) is 15.6. The molecule has 0 bridgehead atoms. The molecule has 3 heteroatoms. The number of pyridine rings is 1. The number of benzene rings is 1. The van der Waals surface area contributed by atoms with E-state index >= 15 is 0 Å². The average Bonchev–Trinajstić information content (AvgIpc) is 2.94. The van der Waals surface area contributed by atoms with Crippen LogP contribution in [-0.2, 0) is 0 Å². The van der Waals surface area contributed by atoms with Gasteiger partial charge in [0.2, 0.25) is 0 Å². The van der Waals surface area contributed by atoms with E-state index in [1.807, 2.05) is 12.4 Å². The summed E-state index contributed by atoms with van der Waals surface area (Å²) in [6.07, 6.45) is 7.77. The van der Waals surface area contributed by atoms with Crippen molar-refractivity contribution < 1.29 is 0 Å². The first-order valence-electron chi connectivity index (χ1n) is 8.56. The summed E-state index contributed by atoms with van der Waals surface area (Å²) in [5, 5.41) is 1.34. The molecule has 1 aromatic carbocycles. The molecule has 1 fully saturated rings. The molecule has 3 aromatic rings. The number of rotatable bonds is 3. The van der Waals surface area contributed by atoms with Crippen LogP contribution in [0.4, 0.5) is 0 Å². The second-order valence-corrected chi connectivity index (χ2v) is 6.49. The van der Waals surface area contributed by atoms with E-state index in [0.29, 0.717) is 6.04 Å². The minimum atomic E-state index is 0.314. The highest BCUT2D eigenvalue weighted by Gasteiger charge is 2.27. The van der Waals surface area contributed by atoms with E-state index in [1.165, 1.54) is 60.1 Å². The third-order valence-corrected chi connectivity index (χ3v) is 4.99. The lowest BCUT2D eigenvalue weighted by molar-refractivity contribution is 0.187. The van der Waals surface area contributed by atoms with Gasteiger partial charge in [-0.15, -0.1) is 0 Å². The van der Waals surface area contributed by atoms with E-state index < -0.39 is 0 Å². The van der Waals surface area contributed by atoms with Crippen LogP contribution in [-0.4, -0.2) is 28.0 Å². The van der Waals surface area contributed by atoms with Crippen LogP contribution in [0.3, 0.4) is 0 Å². The lowest BCUT2D eigenvalue weighted by atomic mass is 9.93. The number of aryl methyl sites for hydroxylation is 1. The zero-order valence-corrected chi connectivity index (χ0v) is 13.6. The Morgan fingerprint density at radius 2 is 1.74 bits per heavy atom. The van der Waals surface area contributed by atoms with Crippen LogP contribution >= 0.6 is 0 Å². The van der Waals surface area contributed by atoms with E-state index in [-0.39, 0.29) is 0 Å². The Balaban J connectivity index is 1.88. The first-order valence-corrected chi connectivity index (χ1v) is 8.56. The molecular formula is C20H23N3. The molecule has 4 rings (SSSR count). The van der Waals surface area contributed by atoms with Crippen LogP contribution in [0.5, 0.6) is 0 Å². The van der Waals surface area contributed by atoms with Crippen molar-refractivity contribution in [3.8, 4) is 0 Å². The summed E-state index contributed by atoms with van der Waals surface area (Å²) in [6, 6.07) is 13.3. The van der Waals surface area contributed by atoms with Gasteiger partial charge in [-0.25, -0.2) is 0 Å². The maximum Gasteiger partial charge on any atom is 0.0626 e. The smallest absolute Gasteiger partial charge is 0.0626 e. The number of aromatic nitrogens is 2. The lowest BCUT2D eigenvalue weighted by Gasteiger charge is -2.35. The Morgan fingerprint density at radius 1 is 1.00 bits per heavy atom. The van der Waals surface area contributed by atoms with Crippen molar-refractivity contribution in [2.75, 3.05) is 13.1 Å². The molecule has 1 unspecified atom stereocenters. The first-order chi connectivity index (χ1) is 11.3. The molecule has 0 aliphatic carbocycles. The summed E-state index contributed by atoms with van der Waals surface area (Å²) in [5.41, 5.74) is 5.28. The second kappa shape index (κ2) is 6.17. The number of nitrogens with one attached hydrogen (secondary N) is 1. The van der Waals surface area contributed by atoms with Crippen LogP contribution in [0.2, 0.25) is 0 Å². The standard InChI is InChI=1S/C20H23N3/c1-15-19(17-7-3-4-8-18(17)22-15)20(16-9-11-21-12-10-16)23-13-5-2-6-14-23/h3-4,7-12,20,22H,2,5-6,13-14H2,1H3. The minimum Gasteiger partial charge on any atom is -0.358 e. The van der Waals surface area contributed by atoms with Gasteiger partial charge < -0.3 is 4.98 Å². The van der Waals surface area contributed by atoms with Gasteiger partial charge in [0.1, 0.15) is 0 Å². The number of aromatic amines is 1. The SMILES string of the molecule is Cc1[nH]c2ccccc2c1C(c1ccncc1)N1CCCCC1. The number of likely N-dealkylation sites (tertiary alicyclic amines) is 1. The van der Waals surface area contributed by atoms with Gasteiger partial charge in [0.15, 0.2) is 0 Å². The average molecular weight is 305 g/mol. The Labute approximate surface area is 137 Å². The molecule has 1 N–H and O–H groups in total. The summed E-state index contributed by atoms with van der Waals surface area (Å²) in [6.45, 7) is 4.55. The predicted octanol–water partition coefficient (Wildman–Crippen LogP) is 4.45. The maximum atomic E-state index is 4.21. The Bertz CT molecular complexity index is 785. The lowest BCUT2D eigenvalue weighted by Crippen LogP contribution is -2.34. The third kappa shape index (κ3) is 2.66. The van der Waals surface area contributed by atoms with E-state index in [1.54, 1.807) is 0 Å². The topological polar surface area (TPSA) is 31.9 Å². The molecule has 3 heterocycles. The van der Waals surface area contributed by atoms with Gasteiger partial charge in [0, 0.05) is 34.6 Å². The molecule has 1 saturated heterocycles. The highest BCUT2D eigenvalue weighted by molar-refractivity contribution is 5.85. The number of hydrogen-bond donors (Lipinski definition) is 1. The third-order valence-electron chi connectivity index (χ3n) is 4.99. The molecular weight excluding hydrogens is 282 g/mol. The summed E-state index contributed by atoms with van der Waals surface area (Å²) >= 11 is 0. The van der Waals surface area contributed by atoms with Crippen LogP contribution < -0.4 is 0 Å². The highest BCUT2D eigenvalue weighted by Crippen LogP contribution is 2.37. The van der Waals surface area contributed by atoms with Crippen LogP contribution in [0.1, 0.15) is 42.1 Å². The van der Waals surface area contributed by atoms with Gasteiger partial charge in [-0.05, 0) is 56.6 Å². The first kappa shape index (κ1) is 14.5. The fourth-order valence-corrected chi connectivity index (χ4v) is 3.93. The number of piperidine rings is 1. The number of fused-ring (bicyclic) bond motifs is 1. The molecule has 23 heavy (non-hydrogen) atoms. The summed E-state index contributed by atoms with van der Waals surface area (Å²) in [5.74, 6) is 0. The predicted molar refractivity (Wildman–Crippen MR) is 94.5 cm³/mol. The van der Waals surface area contributed by atoms with Crippen molar-refractivity contribution in [1.29, 1.82) is 0 Å². The van der Waals surface area contributed by atoms with Gasteiger partial charge in [-0.1, -0.05) is 24.6 Å². The molecule has 2 aromatic heterocycles. The van der Waals surface area contributed by atoms with Crippen molar-refractivity contribution >= 4 is 10.9 Å². The van der Waals surface area contributed by atoms with Gasteiger partial charge in [0.25, 0.3) is 0 Å². The molecule has 0 amide bonds. The Morgan fingerprint density at radius 3 is 2.52 bits per heavy atom. The van der Waals surface area contributed by atoms with Gasteiger partial charge in [0.05, 0.1) is 6.04 Å². The largest absolute Gasteiger partial charge is 0.358 e. The molecule has 1 aliphatic heterocycles. The van der Waals surface area contributed by atoms with E-state index in [9.17, 15) is 0 Å². The number of H-pyrrole nitrogens is 1. The van der Waals surface area contributed by atoms with Crippen molar-refractivity contribution in [1.82, 2.24) is 14.9 Å². The van der Waals surface area contributed by atoms with Gasteiger partial charge in [-0.2, -0.15) is 0 Å². The molecule has 0 saturated carbocycles. The van der Waals surface area contributed by atoms with Gasteiger partial charge >= 0.3 is 0 Å². The molecule has 1 atom stereocenters. The zero-order valence-electron chi connectivity index (χ0n) is 13.6. The van der Waals surface area contributed by atoms with Crippen molar-refractivity contribution in [2.45, 2.75) is 32.2 Å². The van der Waals surface area contributed by atoms with Crippen molar-refractivity contribution in [2.24, 2.45) is 0 Å². The molecule has 1 aliphatic rings. The summed E-state index contributed by atoms with van der Waals surface area (Å²) in [7, 11) is 0. The fraction of sp³-hybridized carbons (Fsp3) is 0.350. The van der Waals surface area contributed by atoms with Gasteiger partial charge in [-0.3, -0.25) is 9.88 Å². The van der Waals surface area contributed by atoms with E-state index in [4.69, 9.17) is 0 Å². The fourth-order valence-electron chi connectivity index (χ4n) is 3.93. The van der Waals surface area contributed by atoms with Crippen molar-refractivity contribution in [3.63, 3.8) is 0 Å². The number of hydrogen-bond acceptors (Lipinski definition) is 2.